The third-order valence-corrected chi connectivity index (χ3v) is 2.67. The number of thiol groups is 1. The molecule has 76 valence electrons. The van der Waals surface area contributed by atoms with Crippen molar-refractivity contribution in [2.24, 2.45) is 0 Å². The quantitative estimate of drug-likeness (QED) is 0.779. The first-order valence-corrected chi connectivity index (χ1v) is 5.40. The van der Waals surface area contributed by atoms with Crippen molar-refractivity contribution in [3.8, 4) is 0 Å². The van der Waals surface area contributed by atoms with E-state index in [9.17, 15) is 4.79 Å². The molecule has 15 heavy (non-hydrogen) atoms. The maximum atomic E-state index is 10.7. The molecule has 0 aliphatic heterocycles. The smallest absolute Gasteiger partial charge is 0.186 e. The first kappa shape index (κ1) is 10.2. The first-order valence-electron chi connectivity index (χ1n) is 4.95. The molecular weight excluding hydrogens is 204 g/mol. The van der Waals surface area contributed by atoms with Gasteiger partial charge in [0.05, 0.1) is 0 Å². The summed E-state index contributed by atoms with van der Waals surface area (Å²) in [6.07, 6.45) is 1.27. The minimum Gasteiger partial charge on any atom is -0.287 e. The molecule has 0 aliphatic carbocycles. The Balaban J connectivity index is 2.26. The summed E-state index contributed by atoms with van der Waals surface area (Å²) < 4.78 is 0. The van der Waals surface area contributed by atoms with Crippen LogP contribution < -0.4 is 0 Å². The van der Waals surface area contributed by atoms with Crippen LogP contribution in [-0.2, 0) is 11.2 Å². The lowest BCUT2D eigenvalue weighted by Crippen LogP contribution is -1.91. The van der Waals surface area contributed by atoms with Crippen LogP contribution in [0.1, 0.15) is 12.0 Å². The standard InChI is InChI=1S/C13H12OS/c14-13(15)8-6-10-5-7-11-3-1-2-4-12(11)9-10/h1-5,7,9H,6,8H2,(H,14,15). The van der Waals surface area contributed by atoms with E-state index < -0.39 is 0 Å². The van der Waals surface area contributed by atoms with E-state index in [0.29, 0.717) is 6.42 Å². The molecule has 1 nitrogen and oxygen atoms in total. The van der Waals surface area contributed by atoms with Crippen molar-refractivity contribution >= 4 is 28.5 Å². The lowest BCUT2D eigenvalue weighted by Gasteiger charge is -2.01. The number of benzene rings is 2. The van der Waals surface area contributed by atoms with Crippen LogP contribution in [0.5, 0.6) is 0 Å². The van der Waals surface area contributed by atoms with Crippen LogP contribution in [0, 0.1) is 0 Å². The summed E-state index contributed by atoms with van der Waals surface area (Å²) in [5, 5.41) is 2.41. The summed E-state index contributed by atoms with van der Waals surface area (Å²) >= 11 is 3.76. The molecule has 2 heteroatoms. The molecule has 0 unspecified atom stereocenters. The van der Waals surface area contributed by atoms with Crippen molar-refractivity contribution in [2.45, 2.75) is 12.8 Å². The van der Waals surface area contributed by atoms with Crippen molar-refractivity contribution in [3.63, 3.8) is 0 Å². The summed E-state index contributed by atoms with van der Waals surface area (Å²) in [5.74, 6) is 0. The van der Waals surface area contributed by atoms with Gasteiger partial charge in [0.15, 0.2) is 5.12 Å². The Kier molecular flexibility index (Phi) is 3.07. The second kappa shape index (κ2) is 4.49. The molecule has 0 fully saturated rings. The van der Waals surface area contributed by atoms with E-state index in [1.165, 1.54) is 16.3 Å². The summed E-state index contributed by atoms with van der Waals surface area (Å²) in [5.41, 5.74) is 1.19. The molecule has 0 radical (unpaired) electrons. The zero-order valence-corrected chi connectivity index (χ0v) is 9.21. The molecule has 0 heterocycles. The van der Waals surface area contributed by atoms with Crippen LogP contribution in [0.15, 0.2) is 42.5 Å². The Bertz CT molecular complexity index is 491. The van der Waals surface area contributed by atoms with Crippen LogP contribution in [0.25, 0.3) is 10.8 Å². The van der Waals surface area contributed by atoms with Gasteiger partial charge in [-0.15, -0.1) is 12.6 Å². The molecule has 0 N–H and O–H groups in total. The molecule has 0 aromatic heterocycles. The molecule has 0 bridgehead atoms. The molecule has 2 aromatic rings. The Labute approximate surface area is 94.5 Å². The highest BCUT2D eigenvalue weighted by Crippen LogP contribution is 2.16. The highest BCUT2D eigenvalue weighted by molar-refractivity contribution is 7.96. The van der Waals surface area contributed by atoms with Gasteiger partial charge in [-0.3, -0.25) is 4.79 Å². The summed E-state index contributed by atoms with van der Waals surface area (Å²) in [7, 11) is 0. The van der Waals surface area contributed by atoms with E-state index in [1.54, 1.807) is 0 Å². The Morgan fingerprint density at radius 3 is 2.53 bits per heavy atom. The fourth-order valence-electron chi connectivity index (χ4n) is 1.65. The number of aryl methyl sites for hydroxylation is 1. The molecule has 2 rings (SSSR count). The molecular formula is C13H12OS. The summed E-state index contributed by atoms with van der Waals surface area (Å²) in [6.45, 7) is 0. The van der Waals surface area contributed by atoms with Gasteiger partial charge in [0.25, 0.3) is 0 Å². The number of carbonyl (C=O) groups is 1. The highest BCUT2D eigenvalue weighted by atomic mass is 32.1. The van der Waals surface area contributed by atoms with Gasteiger partial charge in [0, 0.05) is 6.42 Å². The zero-order valence-electron chi connectivity index (χ0n) is 8.31. The molecule has 2 aromatic carbocycles. The van der Waals surface area contributed by atoms with Gasteiger partial charge < -0.3 is 0 Å². The summed E-state index contributed by atoms with van der Waals surface area (Å²) in [4.78, 5) is 10.7. The van der Waals surface area contributed by atoms with Crippen LogP contribution in [0.3, 0.4) is 0 Å². The van der Waals surface area contributed by atoms with Crippen molar-refractivity contribution in [3.05, 3.63) is 48.0 Å². The predicted octanol–water partition coefficient (Wildman–Crippen LogP) is 3.23. The van der Waals surface area contributed by atoms with E-state index in [0.717, 1.165) is 6.42 Å². The third kappa shape index (κ3) is 2.60. The van der Waals surface area contributed by atoms with Gasteiger partial charge in [0.2, 0.25) is 0 Å². The first-order chi connectivity index (χ1) is 7.25. The maximum Gasteiger partial charge on any atom is 0.186 e. The van der Waals surface area contributed by atoms with E-state index in [4.69, 9.17) is 0 Å². The van der Waals surface area contributed by atoms with Crippen LogP contribution in [0.4, 0.5) is 0 Å². The number of rotatable bonds is 3. The molecule has 0 saturated carbocycles. The molecule has 0 saturated heterocycles. The fourth-order valence-corrected chi connectivity index (χ4v) is 1.76. The second-order valence-electron chi connectivity index (χ2n) is 3.58. The molecule has 0 amide bonds. The van der Waals surface area contributed by atoms with Crippen molar-refractivity contribution in [1.29, 1.82) is 0 Å². The van der Waals surface area contributed by atoms with Crippen LogP contribution >= 0.6 is 12.6 Å². The Hall–Kier alpha value is -1.28. The van der Waals surface area contributed by atoms with Gasteiger partial charge in [-0.25, -0.2) is 0 Å². The summed E-state index contributed by atoms with van der Waals surface area (Å²) in [6, 6.07) is 14.5. The lowest BCUT2D eigenvalue weighted by atomic mass is 10.0. The zero-order chi connectivity index (χ0) is 10.7. The third-order valence-electron chi connectivity index (χ3n) is 2.44. The SMILES string of the molecule is O=C(S)CCc1ccc2ccccc2c1. The van der Waals surface area contributed by atoms with E-state index in [2.05, 4.69) is 43.0 Å². The normalized spacial score (nSPS) is 10.5. The number of hydrogen-bond donors (Lipinski definition) is 1. The average molecular weight is 216 g/mol. The number of carbonyl (C=O) groups excluding carboxylic acids is 1. The second-order valence-corrected chi connectivity index (χ2v) is 4.07. The fraction of sp³-hybridized carbons (Fsp3) is 0.154. The Morgan fingerprint density at radius 2 is 1.80 bits per heavy atom. The minimum atomic E-state index is -0.0526. The van der Waals surface area contributed by atoms with Gasteiger partial charge >= 0.3 is 0 Å². The van der Waals surface area contributed by atoms with Gasteiger partial charge in [-0.1, -0.05) is 42.5 Å². The van der Waals surface area contributed by atoms with Crippen molar-refractivity contribution in [1.82, 2.24) is 0 Å². The molecule has 0 aliphatic rings. The van der Waals surface area contributed by atoms with Crippen LogP contribution in [0.2, 0.25) is 0 Å². The van der Waals surface area contributed by atoms with Gasteiger partial charge in [-0.05, 0) is 22.8 Å². The highest BCUT2D eigenvalue weighted by Gasteiger charge is 1.98. The Morgan fingerprint density at radius 1 is 1.07 bits per heavy atom. The van der Waals surface area contributed by atoms with Crippen molar-refractivity contribution < 1.29 is 4.79 Å². The van der Waals surface area contributed by atoms with Crippen molar-refractivity contribution in [2.75, 3.05) is 0 Å². The minimum absolute atomic E-state index is 0.0526. The van der Waals surface area contributed by atoms with Gasteiger partial charge in [0.1, 0.15) is 0 Å². The topological polar surface area (TPSA) is 17.1 Å². The lowest BCUT2D eigenvalue weighted by molar-refractivity contribution is -0.110. The van der Waals surface area contributed by atoms with Crippen LogP contribution in [-0.4, -0.2) is 5.12 Å². The monoisotopic (exact) mass is 216 g/mol. The van der Waals surface area contributed by atoms with E-state index in [-0.39, 0.29) is 5.12 Å². The van der Waals surface area contributed by atoms with Gasteiger partial charge in [-0.2, -0.15) is 0 Å². The number of fused-ring (bicyclic) bond motifs is 1. The maximum absolute atomic E-state index is 10.7. The molecule has 0 atom stereocenters. The average Bonchev–Trinajstić information content (AvgIpc) is 2.26. The van der Waals surface area contributed by atoms with E-state index in [1.807, 2.05) is 12.1 Å². The predicted molar refractivity (Wildman–Crippen MR) is 66.3 cm³/mol. The van der Waals surface area contributed by atoms with E-state index >= 15 is 0 Å². The number of hydrogen-bond acceptors (Lipinski definition) is 1. The molecule has 0 spiro atoms. The largest absolute Gasteiger partial charge is 0.287 e.